The first-order chi connectivity index (χ1) is 15.0. The van der Waals surface area contributed by atoms with Gasteiger partial charge in [-0.25, -0.2) is 0 Å². The summed E-state index contributed by atoms with van der Waals surface area (Å²) >= 11 is 0. The average Bonchev–Trinajstić information content (AvgIpc) is 3.02. The van der Waals surface area contributed by atoms with Crippen molar-refractivity contribution in [3.05, 3.63) is 29.3 Å². The maximum Gasteiger partial charge on any atom is 0.255 e. The maximum absolute atomic E-state index is 12.9. The molecule has 31 heavy (non-hydrogen) atoms. The molecule has 8 nitrogen and oxygen atoms in total. The van der Waals surface area contributed by atoms with Gasteiger partial charge in [-0.3, -0.25) is 24.6 Å². The molecule has 1 aromatic carbocycles. The first-order valence-corrected chi connectivity index (χ1v) is 11.5. The van der Waals surface area contributed by atoms with Gasteiger partial charge in [-0.2, -0.15) is 0 Å². The van der Waals surface area contributed by atoms with Gasteiger partial charge in [0.25, 0.3) is 5.91 Å². The van der Waals surface area contributed by atoms with Crippen LogP contribution in [0.25, 0.3) is 0 Å². The minimum absolute atomic E-state index is 0.106. The van der Waals surface area contributed by atoms with Crippen LogP contribution < -0.4 is 15.5 Å². The number of hydrogen-bond donors (Lipinski definition) is 2. The summed E-state index contributed by atoms with van der Waals surface area (Å²) in [6.07, 6.45) is 3.37. The first kappa shape index (κ1) is 19.3. The van der Waals surface area contributed by atoms with Crippen molar-refractivity contribution in [2.75, 3.05) is 44.2 Å². The fourth-order valence-corrected chi connectivity index (χ4v) is 6.07. The van der Waals surface area contributed by atoms with E-state index in [2.05, 4.69) is 26.5 Å². The van der Waals surface area contributed by atoms with Crippen molar-refractivity contribution in [3.63, 3.8) is 0 Å². The van der Waals surface area contributed by atoms with Crippen LogP contribution in [0.4, 0.5) is 5.69 Å². The highest BCUT2D eigenvalue weighted by Crippen LogP contribution is 2.46. The van der Waals surface area contributed by atoms with Crippen molar-refractivity contribution in [2.24, 2.45) is 5.41 Å². The number of nitrogens with one attached hydrogen (secondary N) is 2. The summed E-state index contributed by atoms with van der Waals surface area (Å²) in [4.78, 5) is 43.3. The topological polar surface area (TPSA) is 85.0 Å². The zero-order valence-electron chi connectivity index (χ0n) is 17.7. The van der Waals surface area contributed by atoms with Crippen molar-refractivity contribution in [2.45, 2.75) is 44.3 Å². The summed E-state index contributed by atoms with van der Waals surface area (Å²) in [6, 6.07) is 6.27. The van der Waals surface area contributed by atoms with Crippen molar-refractivity contribution < 1.29 is 14.4 Å². The van der Waals surface area contributed by atoms with Gasteiger partial charge in [0.15, 0.2) is 0 Å². The molecule has 4 fully saturated rings. The molecule has 1 atom stereocenters. The Hall–Kier alpha value is -2.45. The molecule has 0 radical (unpaired) electrons. The van der Waals surface area contributed by atoms with Crippen molar-refractivity contribution in [1.82, 2.24) is 20.4 Å². The Kier molecular flexibility index (Phi) is 4.37. The van der Waals surface area contributed by atoms with Crippen LogP contribution >= 0.6 is 0 Å². The minimum atomic E-state index is -0.554. The molecule has 8 heteroatoms. The van der Waals surface area contributed by atoms with Gasteiger partial charge in [-0.05, 0) is 48.4 Å². The third-order valence-corrected chi connectivity index (χ3v) is 8.04. The molecule has 6 rings (SSSR count). The molecule has 3 saturated heterocycles. The maximum atomic E-state index is 12.9. The summed E-state index contributed by atoms with van der Waals surface area (Å²) in [7, 11) is 0. The zero-order valence-corrected chi connectivity index (χ0v) is 17.7. The van der Waals surface area contributed by atoms with Crippen LogP contribution in [0.15, 0.2) is 18.2 Å². The van der Waals surface area contributed by atoms with Gasteiger partial charge in [0.2, 0.25) is 11.8 Å². The van der Waals surface area contributed by atoms with E-state index in [1.807, 2.05) is 12.1 Å². The van der Waals surface area contributed by atoms with Gasteiger partial charge in [0, 0.05) is 69.5 Å². The number of amides is 3. The molecule has 1 aromatic rings. The Bertz CT molecular complexity index is 943. The van der Waals surface area contributed by atoms with E-state index in [1.165, 1.54) is 25.9 Å². The van der Waals surface area contributed by atoms with Crippen LogP contribution in [0.3, 0.4) is 0 Å². The van der Waals surface area contributed by atoms with E-state index >= 15 is 0 Å². The van der Waals surface area contributed by atoms with Crippen molar-refractivity contribution in [1.29, 1.82) is 0 Å². The van der Waals surface area contributed by atoms with Crippen LogP contribution in [-0.2, 0) is 16.1 Å². The van der Waals surface area contributed by atoms with Gasteiger partial charge in [0.05, 0.1) is 0 Å². The number of hydrogen-bond acceptors (Lipinski definition) is 6. The Morgan fingerprint density at radius 1 is 1.00 bits per heavy atom. The Labute approximate surface area is 181 Å². The van der Waals surface area contributed by atoms with E-state index in [0.29, 0.717) is 23.9 Å². The van der Waals surface area contributed by atoms with Crippen molar-refractivity contribution >= 4 is 23.4 Å². The fraction of sp³-hybridized carbons (Fsp3) is 0.609. The highest BCUT2D eigenvalue weighted by Gasteiger charge is 2.50. The molecule has 4 aliphatic heterocycles. The first-order valence-electron chi connectivity index (χ1n) is 11.5. The number of carbonyl (C=O) groups is 3. The summed E-state index contributed by atoms with van der Waals surface area (Å²) in [5.41, 5.74) is 3.43. The molecule has 0 aromatic heterocycles. The number of imide groups is 1. The summed E-state index contributed by atoms with van der Waals surface area (Å²) in [5, 5.41) is 5.78. The molecule has 4 heterocycles. The summed E-state index contributed by atoms with van der Waals surface area (Å²) < 4.78 is 0. The number of benzene rings is 1. The zero-order chi connectivity index (χ0) is 21.2. The van der Waals surface area contributed by atoms with Crippen LogP contribution in [0.5, 0.6) is 0 Å². The number of anilines is 1. The number of nitrogens with zero attached hydrogens (tertiary/aromatic N) is 3. The Balaban J connectivity index is 1.10. The lowest BCUT2D eigenvalue weighted by molar-refractivity contribution is -0.136. The molecule has 5 aliphatic rings. The van der Waals surface area contributed by atoms with Crippen LogP contribution in [0, 0.1) is 5.41 Å². The smallest absolute Gasteiger partial charge is 0.255 e. The lowest BCUT2D eigenvalue weighted by Gasteiger charge is -2.58. The Morgan fingerprint density at radius 3 is 2.45 bits per heavy atom. The van der Waals surface area contributed by atoms with E-state index < -0.39 is 6.04 Å². The molecule has 2 N–H and O–H groups in total. The van der Waals surface area contributed by atoms with E-state index in [0.717, 1.165) is 43.5 Å². The molecular formula is C23H29N5O3. The average molecular weight is 424 g/mol. The third-order valence-electron chi connectivity index (χ3n) is 8.04. The van der Waals surface area contributed by atoms with Gasteiger partial charge in [-0.15, -0.1) is 0 Å². The number of fused-ring (bicyclic) bond motifs is 1. The third kappa shape index (κ3) is 3.15. The van der Waals surface area contributed by atoms with Gasteiger partial charge in [0.1, 0.15) is 6.04 Å². The molecule has 3 amide bonds. The normalized spacial score (nSPS) is 28.4. The van der Waals surface area contributed by atoms with E-state index in [-0.39, 0.29) is 24.1 Å². The molecular weight excluding hydrogens is 394 g/mol. The predicted molar refractivity (Wildman–Crippen MR) is 115 cm³/mol. The quantitative estimate of drug-likeness (QED) is 0.682. The monoisotopic (exact) mass is 423 g/mol. The largest absolute Gasteiger partial charge is 0.369 e. The minimum Gasteiger partial charge on any atom is -0.369 e. The molecule has 1 aliphatic carbocycles. The highest BCUT2D eigenvalue weighted by molar-refractivity contribution is 6.05. The van der Waals surface area contributed by atoms with E-state index in [9.17, 15) is 14.4 Å². The van der Waals surface area contributed by atoms with Crippen molar-refractivity contribution in [3.8, 4) is 0 Å². The van der Waals surface area contributed by atoms with Crippen LogP contribution in [-0.4, -0.2) is 78.9 Å². The highest BCUT2D eigenvalue weighted by atomic mass is 16.2. The molecule has 164 valence electrons. The second-order valence-corrected chi connectivity index (χ2v) is 9.93. The summed E-state index contributed by atoms with van der Waals surface area (Å²) in [5.74, 6) is -0.720. The second-order valence-electron chi connectivity index (χ2n) is 9.93. The summed E-state index contributed by atoms with van der Waals surface area (Å²) in [6.45, 7) is 7.03. The fourth-order valence-electron chi connectivity index (χ4n) is 6.07. The Morgan fingerprint density at radius 2 is 1.77 bits per heavy atom. The molecule has 1 spiro atoms. The van der Waals surface area contributed by atoms with Gasteiger partial charge >= 0.3 is 0 Å². The molecule has 1 saturated carbocycles. The predicted octanol–water partition coefficient (Wildman–Crippen LogP) is 0.322. The van der Waals surface area contributed by atoms with Gasteiger partial charge in [-0.1, -0.05) is 0 Å². The second kappa shape index (κ2) is 7.03. The van der Waals surface area contributed by atoms with Gasteiger partial charge < -0.3 is 15.1 Å². The lowest BCUT2D eigenvalue weighted by atomic mass is 9.61. The number of rotatable bonds is 3. The van der Waals surface area contributed by atoms with Crippen LogP contribution in [0.2, 0.25) is 0 Å². The standard InChI is InChI=1S/C23H29N5O3/c29-20-4-3-19(21(30)25-20)28-12-15-9-16(1-2-18(15)22(28)31)26-5-7-27(8-6-26)17-10-23(11-17)13-24-14-23/h1-2,9,17,19,24H,3-8,10-14H2,(H,25,29,30)/t19-/m0/s1. The van der Waals surface area contributed by atoms with E-state index in [4.69, 9.17) is 0 Å². The molecule has 0 unspecified atom stereocenters. The lowest BCUT2D eigenvalue weighted by Crippen LogP contribution is -2.66. The van der Waals surface area contributed by atoms with Crippen LogP contribution in [0.1, 0.15) is 41.6 Å². The SMILES string of the molecule is O=C1CC[C@H](N2Cc3cc(N4CCN(C5CC6(CNC6)C5)CC4)ccc3C2=O)C(=O)N1. The number of piperazine rings is 1. The van der Waals surface area contributed by atoms with E-state index in [1.54, 1.807) is 4.90 Å². The number of piperidine rings is 1. The molecule has 0 bridgehead atoms. The number of carbonyl (C=O) groups excluding carboxylic acids is 3.